The molecule has 0 unspecified atom stereocenters. The molecule has 0 aliphatic heterocycles. The zero-order chi connectivity index (χ0) is 22.1. The van der Waals surface area contributed by atoms with Crippen molar-refractivity contribution in [3.8, 4) is 0 Å². The molecule has 0 atom stereocenters. The zero-order valence-corrected chi connectivity index (χ0v) is 19.7. The Kier molecular flexibility index (Phi) is 6.31. The summed E-state index contributed by atoms with van der Waals surface area (Å²) >= 11 is 8.76. The Morgan fingerprint density at radius 2 is 2.10 bits per heavy atom. The summed E-state index contributed by atoms with van der Waals surface area (Å²) in [5, 5.41) is 4.88. The second-order valence-electron chi connectivity index (χ2n) is 7.59. The molecule has 1 N–H and O–H groups in total. The van der Waals surface area contributed by atoms with Crippen LogP contribution in [-0.4, -0.2) is 26.2 Å². The Morgan fingerprint density at radius 3 is 2.87 bits per heavy atom. The van der Waals surface area contributed by atoms with Crippen molar-refractivity contribution in [2.75, 3.05) is 11.1 Å². The third-order valence-electron chi connectivity index (χ3n) is 4.74. The van der Waals surface area contributed by atoms with Crippen molar-refractivity contribution in [3.05, 3.63) is 57.5 Å². The average Bonchev–Trinajstić information content (AvgIpc) is 3.11. The number of carbonyl (C=O) groups excluding carboxylic acids is 1. The van der Waals surface area contributed by atoms with E-state index in [4.69, 9.17) is 16.6 Å². The van der Waals surface area contributed by atoms with Crippen LogP contribution < -0.4 is 10.9 Å². The maximum absolute atomic E-state index is 13.2. The molecule has 6 nitrogen and oxygen atoms in total. The highest BCUT2D eigenvalue weighted by Gasteiger charge is 2.18. The number of pyridine rings is 1. The summed E-state index contributed by atoms with van der Waals surface area (Å²) in [4.78, 5) is 35.8. The van der Waals surface area contributed by atoms with Gasteiger partial charge in [-0.2, -0.15) is 0 Å². The fraction of sp³-hybridized carbons (Fsp3) is 0.273. The van der Waals surface area contributed by atoms with Gasteiger partial charge in [0.25, 0.3) is 5.56 Å². The molecule has 0 saturated heterocycles. The van der Waals surface area contributed by atoms with Crippen LogP contribution in [0.4, 0.5) is 5.69 Å². The monoisotopic (exact) mass is 472 g/mol. The van der Waals surface area contributed by atoms with Crippen LogP contribution in [0.15, 0.2) is 46.5 Å². The topological polar surface area (TPSA) is 76.9 Å². The number of fused-ring (bicyclic) bond motifs is 3. The SMILES string of the molecule is Cc1c(Cl)cccc1NC(=O)CSc1nc2c(sc3ncccc32)c(=O)n1CC(C)C. The minimum atomic E-state index is -0.183. The summed E-state index contributed by atoms with van der Waals surface area (Å²) < 4.78 is 2.27. The molecule has 160 valence electrons. The van der Waals surface area contributed by atoms with Gasteiger partial charge in [-0.25, -0.2) is 9.97 Å². The van der Waals surface area contributed by atoms with Crippen LogP contribution >= 0.6 is 34.7 Å². The molecular weight excluding hydrogens is 452 g/mol. The molecular formula is C22H21ClN4O2S2. The van der Waals surface area contributed by atoms with Gasteiger partial charge in [0, 0.05) is 28.8 Å². The summed E-state index contributed by atoms with van der Waals surface area (Å²) in [6, 6.07) is 9.15. The summed E-state index contributed by atoms with van der Waals surface area (Å²) in [5.41, 5.74) is 2.05. The Morgan fingerprint density at radius 1 is 1.29 bits per heavy atom. The molecule has 0 aliphatic carbocycles. The second kappa shape index (κ2) is 8.98. The summed E-state index contributed by atoms with van der Waals surface area (Å²) in [5.74, 6) is 0.201. The quantitative estimate of drug-likeness (QED) is 0.302. The Balaban J connectivity index is 1.66. The molecule has 0 aliphatic rings. The van der Waals surface area contributed by atoms with Crippen molar-refractivity contribution < 1.29 is 4.79 Å². The number of hydrogen-bond acceptors (Lipinski definition) is 6. The van der Waals surface area contributed by atoms with Gasteiger partial charge in [0.05, 0.1) is 11.3 Å². The molecule has 0 saturated carbocycles. The van der Waals surface area contributed by atoms with Gasteiger partial charge < -0.3 is 5.32 Å². The first kappa shape index (κ1) is 21.8. The first-order valence-corrected chi connectivity index (χ1v) is 12.0. The van der Waals surface area contributed by atoms with Crippen molar-refractivity contribution in [2.24, 2.45) is 5.92 Å². The number of hydrogen-bond donors (Lipinski definition) is 1. The number of nitrogens with zero attached hydrogens (tertiary/aromatic N) is 3. The maximum Gasteiger partial charge on any atom is 0.272 e. The number of nitrogens with one attached hydrogen (secondary N) is 1. The largest absolute Gasteiger partial charge is 0.325 e. The fourth-order valence-electron chi connectivity index (χ4n) is 3.24. The van der Waals surface area contributed by atoms with Gasteiger partial charge in [-0.15, -0.1) is 11.3 Å². The first-order chi connectivity index (χ1) is 14.8. The fourth-order valence-corrected chi connectivity index (χ4v) is 5.24. The number of rotatable bonds is 6. The maximum atomic E-state index is 13.2. The molecule has 0 radical (unpaired) electrons. The number of carbonyl (C=O) groups is 1. The Bertz CT molecular complexity index is 1350. The molecule has 9 heteroatoms. The molecule has 0 fully saturated rings. The van der Waals surface area contributed by atoms with Crippen molar-refractivity contribution in [2.45, 2.75) is 32.5 Å². The van der Waals surface area contributed by atoms with Crippen LogP contribution in [-0.2, 0) is 11.3 Å². The van der Waals surface area contributed by atoms with Gasteiger partial charge >= 0.3 is 0 Å². The lowest BCUT2D eigenvalue weighted by atomic mass is 10.2. The lowest BCUT2D eigenvalue weighted by Gasteiger charge is -2.14. The predicted molar refractivity (Wildman–Crippen MR) is 130 cm³/mol. The van der Waals surface area contributed by atoms with Crippen molar-refractivity contribution in [1.29, 1.82) is 0 Å². The Labute approximate surface area is 192 Å². The highest BCUT2D eigenvalue weighted by Crippen LogP contribution is 2.31. The highest BCUT2D eigenvalue weighted by atomic mass is 35.5. The summed E-state index contributed by atoms with van der Waals surface area (Å²) in [6.07, 6.45) is 1.71. The van der Waals surface area contributed by atoms with Crippen LogP contribution in [0.3, 0.4) is 0 Å². The number of aromatic nitrogens is 3. The smallest absolute Gasteiger partial charge is 0.272 e. The molecule has 31 heavy (non-hydrogen) atoms. The molecule has 4 aromatic rings. The zero-order valence-electron chi connectivity index (χ0n) is 17.3. The lowest BCUT2D eigenvalue weighted by molar-refractivity contribution is -0.113. The number of amides is 1. The van der Waals surface area contributed by atoms with E-state index in [0.29, 0.717) is 32.6 Å². The van der Waals surface area contributed by atoms with E-state index < -0.39 is 0 Å². The number of anilines is 1. The van der Waals surface area contributed by atoms with Crippen molar-refractivity contribution in [1.82, 2.24) is 14.5 Å². The van der Waals surface area contributed by atoms with Gasteiger partial charge in [-0.05, 0) is 42.7 Å². The lowest BCUT2D eigenvalue weighted by Crippen LogP contribution is -2.25. The summed E-state index contributed by atoms with van der Waals surface area (Å²) in [6.45, 7) is 6.48. The Hall–Kier alpha value is -2.42. The van der Waals surface area contributed by atoms with E-state index in [1.54, 1.807) is 22.9 Å². The normalized spacial score (nSPS) is 11.5. The van der Waals surface area contributed by atoms with Gasteiger partial charge in [-0.3, -0.25) is 14.2 Å². The minimum absolute atomic E-state index is 0.0877. The number of thioether (sulfide) groups is 1. The van der Waals surface area contributed by atoms with Crippen molar-refractivity contribution >= 4 is 66.7 Å². The van der Waals surface area contributed by atoms with E-state index in [-0.39, 0.29) is 23.1 Å². The first-order valence-electron chi connectivity index (χ1n) is 9.81. The van der Waals surface area contributed by atoms with E-state index in [1.165, 1.54) is 23.1 Å². The molecule has 3 aromatic heterocycles. The molecule has 1 amide bonds. The van der Waals surface area contributed by atoms with E-state index in [2.05, 4.69) is 10.3 Å². The third-order valence-corrected chi connectivity index (χ3v) is 7.22. The van der Waals surface area contributed by atoms with Crippen LogP contribution in [0.1, 0.15) is 19.4 Å². The van der Waals surface area contributed by atoms with Gasteiger partial charge in [0.15, 0.2) is 5.16 Å². The molecule has 0 spiro atoms. The molecule has 4 rings (SSSR count). The number of thiophene rings is 1. The third kappa shape index (κ3) is 4.46. The predicted octanol–water partition coefficient (Wildman–Crippen LogP) is 5.35. The van der Waals surface area contributed by atoms with E-state index in [1.807, 2.05) is 39.0 Å². The van der Waals surface area contributed by atoms with Gasteiger partial charge in [-0.1, -0.05) is 43.3 Å². The molecule has 3 heterocycles. The van der Waals surface area contributed by atoms with Crippen LogP contribution in [0.2, 0.25) is 5.02 Å². The molecule has 0 bridgehead atoms. The number of halogens is 1. The van der Waals surface area contributed by atoms with Gasteiger partial charge in [0.2, 0.25) is 5.91 Å². The van der Waals surface area contributed by atoms with Crippen LogP contribution in [0.25, 0.3) is 20.4 Å². The minimum Gasteiger partial charge on any atom is -0.325 e. The van der Waals surface area contributed by atoms with E-state index >= 15 is 0 Å². The average molecular weight is 473 g/mol. The van der Waals surface area contributed by atoms with Gasteiger partial charge in [0.1, 0.15) is 9.53 Å². The van der Waals surface area contributed by atoms with E-state index in [0.717, 1.165) is 15.8 Å². The second-order valence-corrected chi connectivity index (χ2v) is 9.94. The van der Waals surface area contributed by atoms with Crippen molar-refractivity contribution in [3.63, 3.8) is 0 Å². The standard InChI is InChI=1S/C22H21ClN4O2S2/c1-12(2)10-27-21(29)19-18(14-6-5-9-24-20(14)31-19)26-22(27)30-11-17(28)25-16-8-4-7-15(23)13(16)3/h4-9,12H,10-11H2,1-3H3,(H,25,28). The van der Waals surface area contributed by atoms with E-state index in [9.17, 15) is 9.59 Å². The highest BCUT2D eigenvalue weighted by molar-refractivity contribution is 7.99. The van der Waals surface area contributed by atoms with Crippen LogP contribution in [0.5, 0.6) is 0 Å². The van der Waals surface area contributed by atoms with Crippen LogP contribution in [0, 0.1) is 12.8 Å². The molecule has 1 aromatic carbocycles. The summed E-state index contributed by atoms with van der Waals surface area (Å²) in [7, 11) is 0. The number of benzene rings is 1.